The highest BCUT2D eigenvalue weighted by Gasteiger charge is 2.47. The van der Waals surface area contributed by atoms with Crippen LogP contribution >= 0.6 is 0 Å². The van der Waals surface area contributed by atoms with Crippen molar-refractivity contribution in [2.75, 3.05) is 13.2 Å². The predicted octanol–water partition coefficient (Wildman–Crippen LogP) is 1.58. The lowest BCUT2D eigenvalue weighted by molar-refractivity contribution is -0.0754. The monoisotopic (exact) mass is 263 g/mol. The molecule has 1 aromatic carbocycles. The van der Waals surface area contributed by atoms with Gasteiger partial charge in [0, 0.05) is 18.0 Å². The van der Waals surface area contributed by atoms with Gasteiger partial charge in [0.05, 0.1) is 6.10 Å². The molecule has 19 heavy (non-hydrogen) atoms. The molecule has 0 radical (unpaired) electrons. The van der Waals surface area contributed by atoms with E-state index < -0.39 is 0 Å². The van der Waals surface area contributed by atoms with E-state index in [1.54, 1.807) is 0 Å². The van der Waals surface area contributed by atoms with Crippen molar-refractivity contribution in [3.63, 3.8) is 0 Å². The highest BCUT2D eigenvalue weighted by molar-refractivity contribution is 5.40. The number of aliphatic hydroxyl groups is 1. The van der Waals surface area contributed by atoms with Crippen molar-refractivity contribution in [2.24, 2.45) is 5.41 Å². The number of rotatable bonds is 3. The van der Waals surface area contributed by atoms with E-state index in [2.05, 4.69) is 19.2 Å². The third-order valence-electron chi connectivity index (χ3n) is 4.38. The maximum Gasteiger partial charge on any atom is 0.161 e. The van der Waals surface area contributed by atoms with Gasteiger partial charge in [-0.05, 0) is 18.6 Å². The summed E-state index contributed by atoms with van der Waals surface area (Å²) in [7, 11) is 0. The maximum atomic E-state index is 9.72. The number of fused-ring (bicyclic) bond motifs is 1. The van der Waals surface area contributed by atoms with Crippen LogP contribution in [0.4, 0.5) is 0 Å². The normalized spacial score (nSPS) is 31.6. The molecule has 3 atom stereocenters. The largest absolute Gasteiger partial charge is 0.486 e. The minimum atomic E-state index is -0.200. The Balaban J connectivity index is 1.53. The Hall–Kier alpha value is -1.26. The molecule has 0 bridgehead atoms. The zero-order valence-corrected chi connectivity index (χ0v) is 11.4. The van der Waals surface area contributed by atoms with E-state index >= 15 is 0 Å². The first-order valence-corrected chi connectivity index (χ1v) is 6.87. The highest BCUT2D eigenvalue weighted by atomic mass is 16.6. The molecular formula is C15H21NO3. The van der Waals surface area contributed by atoms with Gasteiger partial charge < -0.3 is 19.9 Å². The van der Waals surface area contributed by atoms with Crippen molar-refractivity contribution in [3.05, 3.63) is 24.3 Å². The minimum absolute atomic E-state index is 0.0310. The fraction of sp³-hybridized carbons (Fsp3) is 0.600. The molecule has 1 aliphatic carbocycles. The average Bonchev–Trinajstić information content (AvgIpc) is 2.43. The molecule has 3 unspecified atom stereocenters. The lowest BCUT2D eigenvalue weighted by Crippen LogP contribution is -2.61. The fourth-order valence-corrected chi connectivity index (χ4v) is 2.69. The zero-order valence-electron chi connectivity index (χ0n) is 11.4. The van der Waals surface area contributed by atoms with Gasteiger partial charge in [0.15, 0.2) is 11.5 Å². The van der Waals surface area contributed by atoms with E-state index in [1.165, 1.54) is 0 Å². The van der Waals surface area contributed by atoms with E-state index in [-0.39, 0.29) is 17.6 Å². The molecule has 1 heterocycles. The molecule has 0 aromatic heterocycles. The second-order valence-corrected chi connectivity index (χ2v) is 6.03. The Labute approximate surface area is 113 Å². The molecule has 3 rings (SSSR count). The van der Waals surface area contributed by atoms with Gasteiger partial charge in [0.1, 0.15) is 12.7 Å². The summed E-state index contributed by atoms with van der Waals surface area (Å²) in [6, 6.07) is 8.09. The van der Waals surface area contributed by atoms with E-state index in [0.29, 0.717) is 12.6 Å². The van der Waals surface area contributed by atoms with Gasteiger partial charge in [0.2, 0.25) is 0 Å². The Morgan fingerprint density at radius 3 is 2.74 bits per heavy atom. The lowest BCUT2D eigenvalue weighted by atomic mass is 9.64. The SMILES string of the molecule is CC1(C)C(O)CC1NCC1COc2ccccc2O1. The van der Waals surface area contributed by atoms with E-state index in [9.17, 15) is 5.11 Å². The van der Waals surface area contributed by atoms with Crippen LogP contribution in [0.5, 0.6) is 11.5 Å². The number of ether oxygens (including phenoxy) is 2. The second-order valence-electron chi connectivity index (χ2n) is 6.03. The van der Waals surface area contributed by atoms with Crippen molar-refractivity contribution in [3.8, 4) is 11.5 Å². The first-order chi connectivity index (χ1) is 9.07. The van der Waals surface area contributed by atoms with E-state index in [4.69, 9.17) is 9.47 Å². The summed E-state index contributed by atoms with van der Waals surface area (Å²) in [6.45, 7) is 5.49. The van der Waals surface area contributed by atoms with Gasteiger partial charge in [-0.1, -0.05) is 26.0 Å². The van der Waals surface area contributed by atoms with Crippen LogP contribution in [0.2, 0.25) is 0 Å². The lowest BCUT2D eigenvalue weighted by Gasteiger charge is -2.50. The van der Waals surface area contributed by atoms with Crippen LogP contribution in [0.1, 0.15) is 20.3 Å². The standard InChI is InChI=1S/C15H21NO3/c1-15(2)13(7-14(15)17)16-8-10-9-18-11-5-3-4-6-12(11)19-10/h3-6,10,13-14,16-17H,7-9H2,1-2H3. The van der Waals surface area contributed by atoms with Crippen molar-refractivity contribution in [1.29, 1.82) is 0 Å². The molecule has 0 saturated heterocycles. The molecule has 4 nitrogen and oxygen atoms in total. The quantitative estimate of drug-likeness (QED) is 0.869. The molecular weight excluding hydrogens is 242 g/mol. The van der Waals surface area contributed by atoms with Crippen LogP contribution in [-0.4, -0.2) is 36.5 Å². The Kier molecular flexibility index (Phi) is 3.15. The van der Waals surface area contributed by atoms with Gasteiger partial charge in [-0.3, -0.25) is 0 Å². The number of aliphatic hydroxyl groups excluding tert-OH is 1. The number of hydrogen-bond acceptors (Lipinski definition) is 4. The van der Waals surface area contributed by atoms with Crippen LogP contribution in [0.25, 0.3) is 0 Å². The number of para-hydroxylation sites is 2. The summed E-state index contributed by atoms with van der Waals surface area (Å²) in [5.41, 5.74) is -0.0482. The summed E-state index contributed by atoms with van der Waals surface area (Å²) >= 11 is 0. The summed E-state index contributed by atoms with van der Waals surface area (Å²) in [6.07, 6.45) is 0.648. The van der Waals surface area contributed by atoms with E-state index in [0.717, 1.165) is 24.5 Å². The third-order valence-corrected chi connectivity index (χ3v) is 4.38. The summed E-state index contributed by atoms with van der Waals surface area (Å²) in [4.78, 5) is 0. The topological polar surface area (TPSA) is 50.7 Å². The Morgan fingerprint density at radius 2 is 2.05 bits per heavy atom. The van der Waals surface area contributed by atoms with Crippen molar-refractivity contribution >= 4 is 0 Å². The molecule has 0 amide bonds. The molecule has 1 aromatic rings. The Bertz CT molecular complexity index is 460. The third kappa shape index (κ3) is 2.30. The van der Waals surface area contributed by atoms with Crippen molar-refractivity contribution < 1.29 is 14.6 Å². The average molecular weight is 263 g/mol. The van der Waals surface area contributed by atoms with Crippen LogP contribution in [0, 0.1) is 5.41 Å². The van der Waals surface area contributed by atoms with Crippen molar-refractivity contribution in [2.45, 2.75) is 38.5 Å². The fourth-order valence-electron chi connectivity index (χ4n) is 2.69. The van der Waals surface area contributed by atoms with Crippen LogP contribution < -0.4 is 14.8 Å². The van der Waals surface area contributed by atoms with Gasteiger partial charge in [-0.15, -0.1) is 0 Å². The summed E-state index contributed by atoms with van der Waals surface area (Å²) in [5.74, 6) is 1.63. The molecule has 2 aliphatic rings. The van der Waals surface area contributed by atoms with Crippen LogP contribution in [0.15, 0.2) is 24.3 Å². The van der Waals surface area contributed by atoms with Crippen LogP contribution in [-0.2, 0) is 0 Å². The Morgan fingerprint density at radius 1 is 1.32 bits per heavy atom. The maximum absolute atomic E-state index is 9.72. The second kappa shape index (κ2) is 4.69. The first-order valence-electron chi connectivity index (χ1n) is 6.87. The first kappa shape index (κ1) is 12.8. The smallest absolute Gasteiger partial charge is 0.161 e. The number of hydrogen-bond donors (Lipinski definition) is 2. The number of nitrogens with one attached hydrogen (secondary N) is 1. The molecule has 0 spiro atoms. The summed E-state index contributed by atoms with van der Waals surface area (Å²) in [5, 5.41) is 13.2. The summed E-state index contributed by atoms with van der Waals surface area (Å²) < 4.78 is 11.6. The van der Waals surface area contributed by atoms with Crippen LogP contribution in [0.3, 0.4) is 0 Å². The van der Waals surface area contributed by atoms with Gasteiger partial charge >= 0.3 is 0 Å². The molecule has 2 N–H and O–H groups in total. The van der Waals surface area contributed by atoms with E-state index in [1.807, 2.05) is 24.3 Å². The molecule has 1 fully saturated rings. The molecule has 1 saturated carbocycles. The van der Waals surface area contributed by atoms with Gasteiger partial charge in [-0.25, -0.2) is 0 Å². The zero-order chi connectivity index (χ0) is 13.5. The molecule has 4 heteroatoms. The molecule has 1 aliphatic heterocycles. The number of benzene rings is 1. The van der Waals surface area contributed by atoms with Gasteiger partial charge in [0.25, 0.3) is 0 Å². The minimum Gasteiger partial charge on any atom is -0.486 e. The van der Waals surface area contributed by atoms with Gasteiger partial charge in [-0.2, -0.15) is 0 Å². The highest BCUT2D eigenvalue weighted by Crippen LogP contribution is 2.40. The molecule has 104 valence electrons. The van der Waals surface area contributed by atoms with Crippen molar-refractivity contribution in [1.82, 2.24) is 5.32 Å². The predicted molar refractivity (Wildman–Crippen MR) is 72.5 cm³/mol.